The number of nitrogens with zero attached hydrogens (tertiary/aromatic N) is 1. The first-order valence-electron chi connectivity index (χ1n) is 6.25. The molecule has 0 aliphatic rings. The van der Waals surface area contributed by atoms with Gasteiger partial charge in [-0.2, -0.15) is 0 Å². The number of carboxylic acids is 1. The van der Waals surface area contributed by atoms with Crippen LogP contribution in [0.2, 0.25) is 0 Å². The summed E-state index contributed by atoms with van der Waals surface area (Å²) >= 11 is 0. The van der Waals surface area contributed by atoms with Crippen LogP contribution in [0.15, 0.2) is 40.8 Å². The molecule has 1 aromatic carbocycles. The maximum absolute atomic E-state index is 13.1. The molecule has 1 aromatic heterocycles. The summed E-state index contributed by atoms with van der Waals surface area (Å²) in [6.07, 6.45) is 0. The van der Waals surface area contributed by atoms with E-state index in [2.05, 4.69) is 0 Å². The van der Waals surface area contributed by atoms with Crippen molar-refractivity contribution in [2.45, 2.75) is 19.5 Å². The number of rotatable bonds is 5. The molecule has 5 heteroatoms. The van der Waals surface area contributed by atoms with Crippen LogP contribution in [-0.4, -0.2) is 23.0 Å². The molecule has 1 atom stereocenters. The van der Waals surface area contributed by atoms with Gasteiger partial charge in [0.1, 0.15) is 11.6 Å². The number of halogens is 1. The summed E-state index contributed by atoms with van der Waals surface area (Å²) in [6, 6.07) is 9.37. The average Bonchev–Trinajstić information content (AvgIpc) is 2.87. The van der Waals surface area contributed by atoms with Crippen LogP contribution in [0.1, 0.15) is 34.8 Å². The highest BCUT2D eigenvalue weighted by Crippen LogP contribution is 2.23. The summed E-state index contributed by atoms with van der Waals surface area (Å²) in [5.41, 5.74) is 0.851. The number of carbonyl (C=O) groups is 1. The van der Waals surface area contributed by atoms with Crippen molar-refractivity contribution in [3.63, 3.8) is 0 Å². The van der Waals surface area contributed by atoms with Gasteiger partial charge in [-0.05, 0) is 43.8 Å². The standard InChI is InChI=1S/C15H16FNO3/c1-10(13-6-7-14(20-13)15(18)19)17(2)9-11-4-3-5-12(16)8-11/h3-8,10H,9H2,1-2H3,(H,18,19). The lowest BCUT2D eigenvalue weighted by atomic mass is 10.1. The Bertz CT molecular complexity index is 609. The normalized spacial score (nSPS) is 12.6. The Labute approximate surface area is 116 Å². The van der Waals surface area contributed by atoms with Crippen molar-refractivity contribution in [1.82, 2.24) is 4.90 Å². The predicted octanol–water partition coefficient (Wildman–Crippen LogP) is 3.31. The Morgan fingerprint density at radius 3 is 2.75 bits per heavy atom. The van der Waals surface area contributed by atoms with Gasteiger partial charge in [0.15, 0.2) is 0 Å². The van der Waals surface area contributed by atoms with Crippen molar-refractivity contribution in [3.8, 4) is 0 Å². The molecule has 1 heterocycles. The smallest absolute Gasteiger partial charge is 0.371 e. The van der Waals surface area contributed by atoms with Crippen LogP contribution in [0.3, 0.4) is 0 Å². The zero-order valence-corrected chi connectivity index (χ0v) is 11.3. The van der Waals surface area contributed by atoms with Crippen molar-refractivity contribution in [3.05, 3.63) is 59.3 Å². The number of hydrogen-bond donors (Lipinski definition) is 1. The lowest BCUT2D eigenvalue weighted by Gasteiger charge is -2.23. The maximum Gasteiger partial charge on any atom is 0.371 e. The van der Waals surface area contributed by atoms with Crippen LogP contribution in [0, 0.1) is 5.82 Å². The van der Waals surface area contributed by atoms with Gasteiger partial charge < -0.3 is 9.52 Å². The highest BCUT2D eigenvalue weighted by Gasteiger charge is 2.18. The maximum atomic E-state index is 13.1. The van der Waals surface area contributed by atoms with Crippen molar-refractivity contribution in [2.75, 3.05) is 7.05 Å². The summed E-state index contributed by atoms with van der Waals surface area (Å²) in [4.78, 5) is 12.7. The lowest BCUT2D eigenvalue weighted by molar-refractivity contribution is 0.0656. The van der Waals surface area contributed by atoms with Gasteiger partial charge in [0, 0.05) is 6.54 Å². The Hall–Kier alpha value is -2.14. The van der Waals surface area contributed by atoms with Gasteiger partial charge in [0.2, 0.25) is 5.76 Å². The summed E-state index contributed by atoms with van der Waals surface area (Å²) in [5.74, 6) is -0.863. The van der Waals surface area contributed by atoms with E-state index in [1.165, 1.54) is 18.2 Å². The van der Waals surface area contributed by atoms with E-state index in [4.69, 9.17) is 9.52 Å². The van der Waals surface area contributed by atoms with E-state index in [9.17, 15) is 9.18 Å². The van der Waals surface area contributed by atoms with E-state index >= 15 is 0 Å². The third-order valence-corrected chi connectivity index (χ3v) is 3.23. The zero-order valence-electron chi connectivity index (χ0n) is 11.3. The van der Waals surface area contributed by atoms with Crippen molar-refractivity contribution >= 4 is 5.97 Å². The zero-order chi connectivity index (χ0) is 14.7. The van der Waals surface area contributed by atoms with Gasteiger partial charge in [-0.1, -0.05) is 12.1 Å². The van der Waals surface area contributed by atoms with Gasteiger partial charge in [-0.25, -0.2) is 9.18 Å². The van der Waals surface area contributed by atoms with E-state index in [0.717, 1.165) is 5.56 Å². The summed E-state index contributed by atoms with van der Waals surface area (Å²) in [5, 5.41) is 8.84. The molecule has 2 aromatic rings. The first kappa shape index (κ1) is 14.3. The molecule has 1 N–H and O–H groups in total. The van der Waals surface area contributed by atoms with Crippen molar-refractivity contribution < 1.29 is 18.7 Å². The predicted molar refractivity (Wildman–Crippen MR) is 71.9 cm³/mol. The van der Waals surface area contributed by atoms with Crippen LogP contribution in [0.25, 0.3) is 0 Å². The Kier molecular flexibility index (Phi) is 4.20. The quantitative estimate of drug-likeness (QED) is 0.911. The minimum atomic E-state index is -1.09. The number of aromatic carboxylic acids is 1. The molecule has 0 bridgehead atoms. The SMILES string of the molecule is CC(c1ccc(C(=O)O)o1)N(C)Cc1cccc(F)c1. The van der Waals surface area contributed by atoms with E-state index in [1.54, 1.807) is 12.1 Å². The number of carboxylic acid groups (broad SMARTS) is 1. The van der Waals surface area contributed by atoms with Gasteiger partial charge in [-0.15, -0.1) is 0 Å². The Morgan fingerprint density at radius 2 is 2.15 bits per heavy atom. The molecule has 4 nitrogen and oxygen atoms in total. The number of hydrogen-bond acceptors (Lipinski definition) is 3. The van der Waals surface area contributed by atoms with E-state index in [-0.39, 0.29) is 17.6 Å². The van der Waals surface area contributed by atoms with Crippen LogP contribution in [0.4, 0.5) is 4.39 Å². The molecule has 1 unspecified atom stereocenters. The minimum absolute atomic E-state index is 0.0778. The molecule has 0 saturated carbocycles. The number of furan rings is 1. The van der Waals surface area contributed by atoms with E-state index in [1.807, 2.05) is 24.9 Å². The van der Waals surface area contributed by atoms with Gasteiger partial charge in [0.25, 0.3) is 0 Å². The third kappa shape index (κ3) is 3.24. The van der Waals surface area contributed by atoms with E-state index < -0.39 is 5.97 Å². The topological polar surface area (TPSA) is 53.7 Å². The third-order valence-electron chi connectivity index (χ3n) is 3.23. The fourth-order valence-electron chi connectivity index (χ4n) is 1.97. The van der Waals surface area contributed by atoms with Crippen molar-refractivity contribution in [2.24, 2.45) is 0 Å². The molecule has 0 fully saturated rings. The largest absolute Gasteiger partial charge is 0.475 e. The van der Waals surface area contributed by atoms with Crippen LogP contribution >= 0.6 is 0 Å². The van der Waals surface area contributed by atoms with Crippen LogP contribution < -0.4 is 0 Å². The van der Waals surface area contributed by atoms with Gasteiger partial charge >= 0.3 is 5.97 Å². The minimum Gasteiger partial charge on any atom is -0.475 e. The summed E-state index contributed by atoms with van der Waals surface area (Å²) in [7, 11) is 1.87. The monoisotopic (exact) mass is 277 g/mol. The molecule has 2 rings (SSSR count). The Balaban J connectivity index is 2.07. The first-order chi connectivity index (χ1) is 9.47. The van der Waals surface area contributed by atoms with E-state index in [0.29, 0.717) is 12.3 Å². The van der Waals surface area contributed by atoms with Crippen LogP contribution in [0.5, 0.6) is 0 Å². The fourth-order valence-corrected chi connectivity index (χ4v) is 1.97. The van der Waals surface area contributed by atoms with Crippen molar-refractivity contribution in [1.29, 1.82) is 0 Å². The molecule has 0 radical (unpaired) electrons. The first-order valence-corrected chi connectivity index (χ1v) is 6.25. The molecule has 0 spiro atoms. The second-order valence-electron chi connectivity index (χ2n) is 4.73. The molecule has 20 heavy (non-hydrogen) atoms. The number of benzene rings is 1. The summed E-state index contributed by atoms with van der Waals surface area (Å²) in [6.45, 7) is 2.45. The summed E-state index contributed by atoms with van der Waals surface area (Å²) < 4.78 is 18.4. The van der Waals surface area contributed by atoms with Gasteiger partial charge in [0.05, 0.1) is 6.04 Å². The highest BCUT2D eigenvalue weighted by molar-refractivity contribution is 5.84. The second-order valence-corrected chi connectivity index (χ2v) is 4.73. The van der Waals surface area contributed by atoms with Crippen LogP contribution in [-0.2, 0) is 6.54 Å². The molecule has 106 valence electrons. The highest BCUT2D eigenvalue weighted by atomic mass is 19.1. The molecule has 0 aliphatic carbocycles. The molecule has 0 amide bonds. The fraction of sp³-hybridized carbons (Fsp3) is 0.267. The second kappa shape index (κ2) is 5.88. The lowest BCUT2D eigenvalue weighted by Crippen LogP contribution is -2.21. The molecular formula is C15H16FNO3. The molecular weight excluding hydrogens is 261 g/mol. The van der Waals surface area contributed by atoms with Gasteiger partial charge in [-0.3, -0.25) is 4.90 Å². The Morgan fingerprint density at radius 1 is 1.40 bits per heavy atom. The molecule has 0 saturated heterocycles. The molecule has 0 aliphatic heterocycles. The average molecular weight is 277 g/mol.